The van der Waals surface area contributed by atoms with Crippen LogP contribution in [0.2, 0.25) is 0 Å². The maximum Gasteiger partial charge on any atom is 0.389 e. The van der Waals surface area contributed by atoms with Crippen LogP contribution in [0.1, 0.15) is 23.5 Å². The summed E-state index contributed by atoms with van der Waals surface area (Å²) in [5.74, 6) is 2.52. The molecule has 0 saturated carbocycles. The number of hydrogen-bond acceptors (Lipinski definition) is 4. The highest BCUT2D eigenvalue weighted by Crippen LogP contribution is 2.33. The molecule has 2 rings (SSSR count). The molecule has 0 aliphatic carbocycles. The van der Waals surface area contributed by atoms with Gasteiger partial charge in [0, 0.05) is 30.5 Å². The van der Waals surface area contributed by atoms with Crippen molar-refractivity contribution in [1.29, 1.82) is 0 Å². The molecule has 0 amide bonds. The van der Waals surface area contributed by atoms with Gasteiger partial charge in [0.1, 0.15) is 11.6 Å². The molecule has 0 unspecified atom stereocenters. The van der Waals surface area contributed by atoms with Gasteiger partial charge in [0.2, 0.25) is 0 Å². The van der Waals surface area contributed by atoms with Gasteiger partial charge in [0.15, 0.2) is 0 Å². The Hall–Kier alpha value is -0.980. The van der Waals surface area contributed by atoms with Crippen LogP contribution in [0.3, 0.4) is 0 Å². The Kier molecular flexibility index (Phi) is 3.46. The number of halogens is 3. The zero-order valence-corrected chi connectivity index (χ0v) is 10.1. The Morgan fingerprint density at radius 1 is 1.29 bits per heavy atom. The lowest BCUT2D eigenvalue weighted by molar-refractivity contribution is -0.134. The number of alkyl halides is 3. The van der Waals surface area contributed by atoms with Crippen molar-refractivity contribution >= 4 is 17.6 Å². The van der Waals surface area contributed by atoms with Crippen molar-refractivity contribution in [1.82, 2.24) is 9.97 Å². The molecule has 1 aromatic rings. The number of hydrogen-bond donors (Lipinski definition) is 1. The first-order chi connectivity index (χ1) is 7.99. The fraction of sp³-hybridized carbons (Fsp3) is 0.600. The molecule has 0 radical (unpaired) electrons. The zero-order valence-electron chi connectivity index (χ0n) is 9.26. The second-order valence-corrected chi connectivity index (χ2v) is 4.76. The SMILES string of the molecule is CNc1nc(CCC(F)(F)F)nc2c1CSC2. The molecule has 0 saturated heterocycles. The van der Waals surface area contributed by atoms with E-state index in [-0.39, 0.29) is 12.2 Å². The molecule has 0 fully saturated rings. The summed E-state index contributed by atoms with van der Waals surface area (Å²) in [6.07, 6.45) is -5.19. The van der Waals surface area contributed by atoms with Crippen LogP contribution in [0.25, 0.3) is 0 Å². The van der Waals surface area contributed by atoms with E-state index in [0.717, 1.165) is 22.8 Å². The lowest BCUT2D eigenvalue weighted by Gasteiger charge is -2.10. The van der Waals surface area contributed by atoms with Gasteiger partial charge >= 0.3 is 6.18 Å². The Morgan fingerprint density at radius 2 is 2.06 bits per heavy atom. The van der Waals surface area contributed by atoms with E-state index >= 15 is 0 Å². The minimum Gasteiger partial charge on any atom is -0.373 e. The van der Waals surface area contributed by atoms with Gasteiger partial charge in [0.25, 0.3) is 0 Å². The maximum atomic E-state index is 12.1. The zero-order chi connectivity index (χ0) is 12.5. The standard InChI is InChI=1S/C10H12F3N3S/c1-14-9-6-4-17-5-7(6)15-8(16-9)2-3-10(11,12)13/h2-5H2,1H3,(H,14,15,16). The van der Waals surface area contributed by atoms with Gasteiger partial charge < -0.3 is 5.32 Å². The van der Waals surface area contributed by atoms with Gasteiger partial charge in [-0.05, 0) is 0 Å². The second kappa shape index (κ2) is 4.72. The summed E-state index contributed by atoms with van der Waals surface area (Å²) in [5, 5.41) is 2.92. The van der Waals surface area contributed by atoms with Crippen molar-refractivity contribution < 1.29 is 13.2 Å². The van der Waals surface area contributed by atoms with Crippen molar-refractivity contribution in [3.63, 3.8) is 0 Å². The number of rotatable bonds is 3. The van der Waals surface area contributed by atoms with Crippen molar-refractivity contribution in [2.75, 3.05) is 12.4 Å². The summed E-state index contributed by atoms with van der Waals surface area (Å²) in [7, 11) is 1.72. The molecule has 1 aliphatic rings. The summed E-state index contributed by atoms with van der Waals surface area (Å²) >= 11 is 1.70. The van der Waals surface area contributed by atoms with Gasteiger partial charge in [-0.2, -0.15) is 24.9 Å². The number of anilines is 1. The normalized spacial score (nSPS) is 14.8. The van der Waals surface area contributed by atoms with E-state index in [4.69, 9.17) is 0 Å². The number of fused-ring (bicyclic) bond motifs is 1. The van der Waals surface area contributed by atoms with Crippen LogP contribution in [0.15, 0.2) is 0 Å². The first kappa shape index (κ1) is 12.5. The van der Waals surface area contributed by atoms with E-state index in [1.165, 1.54) is 0 Å². The van der Waals surface area contributed by atoms with Crippen LogP contribution >= 0.6 is 11.8 Å². The molecule has 17 heavy (non-hydrogen) atoms. The quantitative estimate of drug-likeness (QED) is 0.910. The molecule has 0 atom stereocenters. The smallest absolute Gasteiger partial charge is 0.373 e. The van der Waals surface area contributed by atoms with E-state index < -0.39 is 12.6 Å². The highest BCUT2D eigenvalue weighted by atomic mass is 32.2. The number of aromatic nitrogens is 2. The van der Waals surface area contributed by atoms with Gasteiger partial charge in [-0.25, -0.2) is 9.97 Å². The largest absolute Gasteiger partial charge is 0.389 e. The fourth-order valence-corrected chi connectivity index (χ4v) is 2.72. The van der Waals surface area contributed by atoms with Crippen LogP contribution < -0.4 is 5.32 Å². The van der Waals surface area contributed by atoms with Gasteiger partial charge in [-0.1, -0.05) is 0 Å². The van der Waals surface area contributed by atoms with Crippen LogP contribution in [0, 0.1) is 0 Å². The predicted octanol–water partition coefficient (Wildman–Crippen LogP) is 2.76. The molecule has 0 aromatic carbocycles. The summed E-state index contributed by atoms with van der Waals surface area (Å²) < 4.78 is 36.4. The van der Waals surface area contributed by atoms with Gasteiger partial charge in [-0.15, -0.1) is 0 Å². The van der Waals surface area contributed by atoms with Crippen LogP contribution in [-0.4, -0.2) is 23.2 Å². The molecule has 0 bridgehead atoms. The highest BCUT2D eigenvalue weighted by Gasteiger charge is 2.28. The van der Waals surface area contributed by atoms with E-state index in [1.54, 1.807) is 18.8 Å². The molecule has 1 N–H and O–H groups in total. The van der Waals surface area contributed by atoms with Crippen LogP contribution in [-0.2, 0) is 17.9 Å². The van der Waals surface area contributed by atoms with E-state index in [1.807, 2.05) is 0 Å². The first-order valence-corrected chi connectivity index (χ1v) is 6.36. The monoisotopic (exact) mass is 263 g/mol. The Morgan fingerprint density at radius 3 is 2.71 bits per heavy atom. The van der Waals surface area contributed by atoms with Crippen LogP contribution in [0.5, 0.6) is 0 Å². The highest BCUT2D eigenvalue weighted by molar-refractivity contribution is 7.98. The van der Waals surface area contributed by atoms with Crippen molar-refractivity contribution in [2.24, 2.45) is 0 Å². The molecular weight excluding hydrogens is 251 g/mol. The lowest BCUT2D eigenvalue weighted by Crippen LogP contribution is -2.12. The average Bonchev–Trinajstić information content (AvgIpc) is 2.72. The molecule has 94 valence electrons. The van der Waals surface area contributed by atoms with Gasteiger partial charge in [0.05, 0.1) is 12.1 Å². The fourth-order valence-electron chi connectivity index (χ4n) is 1.67. The first-order valence-electron chi connectivity index (χ1n) is 5.20. The molecule has 7 heteroatoms. The second-order valence-electron chi connectivity index (χ2n) is 3.77. The minimum atomic E-state index is -4.16. The Balaban J connectivity index is 2.19. The average molecular weight is 263 g/mol. The van der Waals surface area contributed by atoms with E-state index in [9.17, 15) is 13.2 Å². The molecule has 0 spiro atoms. The van der Waals surface area contributed by atoms with Crippen molar-refractivity contribution in [2.45, 2.75) is 30.5 Å². The maximum absolute atomic E-state index is 12.1. The number of nitrogens with zero attached hydrogens (tertiary/aromatic N) is 2. The summed E-state index contributed by atoms with van der Waals surface area (Å²) in [4.78, 5) is 8.32. The van der Waals surface area contributed by atoms with E-state index in [2.05, 4.69) is 15.3 Å². The van der Waals surface area contributed by atoms with Crippen molar-refractivity contribution in [3.05, 3.63) is 17.1 Å². The Bertz CT molecular complexity index is 420. The molecule has 1 aromatic heterocycles. The summed E-state index contributed by atoms with van der Waals surface area (Å²) in [6.45, 7) is 0. The molecule has 1 aliphatic heterocycles. The van der Waals surface area contributed by atoms with Crippen molar-refractivity contribution in [3.8, 4) is 0 Å². The topological polar surface area (TPSA) is 37.8 Å². The molecule has 3 nitrogen and oxygen atoms in total. The third-order valence-corrected chi connectivity index (χ3v) is 3.46. The predicted molar refractivity (Wildman–Crippen MR) is 61.0 cm³/mol. The van der Waals surface area contributed by atoms with Crippen LogP contribution in [0.4, 0.5) is 19.0 Å². The third-order valence-electron chi connectivity index (χ3n) is 2.49. The minimum absolute atomic E-state index is 0.157. The van der Waals surface area contributed by atoms with Gasteiger partial charge in [-0.3, -0.25) is 0 Å². The summed E-state index contributed by atoms with van der Waals surface area (Å²) in [5.41, 5.74) is 1.89. The molecular formula is C10H12F3N3S. The lowest BCUT2D eigenvalue weighted by atomic mass is 10.2. The number of aryl methyl sites for hydroxylation is 1. The Labute approximate surface area is 101 Å². The van der Waals surface area contributed by atoms with E-state index in [0.29, 0.717) is 5.82 Å². The number of thioether (sulfide) groups is 1. The molecule has 2 heterocycles. The third kappa shape index (κ3) is 3.02. The number of nitrogens with one attached hydrogen (secondary N) is 1. The summed E-state index contributed by atoms with van der Waals surface area (Å²) in [6, 6.07) is 0.